The van der Waals surface area contributed by atoms with Crippen LogP contribution >= 0.6 is 0 Å². The lowest BCUT2D eigenvalue weighted by atomic mass is 10.3. The van der Waals surface area contributed by atoms with Crippen molar-refractivity contribution in [3.05, 3.63) is 24.0 Å². The topological polar surface area (TPSA) is 53.4 Å². The second-order valence-corrected chi connectivity index (χ2v) is 2.89. The van der Waals surface area contributed by atoms with E-state index in [9.17, 15) is 9.90 Å². The molecule has 0 saturated heterocycles. The number of hydrogen-bond donors (Lipinski definition) is 1. The van der Waals surface area contributed by atoms with Crippen molar-refractivity contribution in [3.8, 4) is 18.1 Å². The highest BCUT2D eigenvalue weighted by atomic mass is 16.3. The van der Waals surface area contributed by atoms with Gasteiger partial charge in [0.2, 0.25) is 0 Å². The van der Waals surface area contributed by atoms with E-state index in [0.29, 0.717) is 6.54 Å². The number of amides is 1. The van der Waals surface area contributed by atoms with Gasteiger partial charge in [-0.3, -0.25) is 4.79 Å². The Bertz CT molecular complexity index is 396. The Balaban J connectivity index is 2.94. The van der Waals surface area contributed by atoms with Gasteiger partial charge in [0.1, 0.15) is 5.75 Å². The second kappa shape index (κ2) is 5.01. The third-order valence-corrected chi connectivity index (χ3v) is 1.94. The van der Waals surface area contributed by atoms with Crippen molar-refractivity contribution in [1.82, 2.24) is 9.88 Å². The van der Waals surface area contributed by atoms with Gasteiger partial charge in [-0.05, 0) is 19.1 Å². The lowest BCUT2D eigenvalue weighted by Gasteiger charge is -2.17. The van der Waals surface area contributed by atoms with E-state index in [1.54, 1.807) is 6.07 Å². The summed E-state index contributed by atoms with van der Waals surface area (Å²) in [7, 11) is 0. The quantitative estimate of drug-likeness (QED) is 0.744. The Morgan fingerprint density at radius 1 is 1.73 bits per heavy atom. The van der Waals surface area contributed by atoms with Crippen molar-refractivity contribution in [2.75, 3.05) is 13.1 Å². The van der Waals surface area contributed by atoms with Gasteiger partial charge in [-0.1, -0.05) is 5.92 Å². The van der Waals surface area contributed by atoms with Crippen LogP contribution in [0.25, 0.3) is 0 Å². The molecule has 0 spiro atoms. The Labute approximate surface area is 88.6 Å². The number of pyridine rings is 1. The van der Waals surface area contributed by atoms with Gasteiger partial charge >= 0.3 is 0 Å². The molecule has 1 amide bonds. The SMILES string of the molecule is C#CCN(CC)C(=O)c1ncccc1O. The Kier molecular flexibility index (Phi) is 3.69. The number of aromatic nitrogens is 1. The molecule has 0 aromatic carbocycles. The summed E-state index contributed by atoms with van der Waals surface area (Å²) in [6.07, 6.45) is 6.59. The molecule has 0 unspecified atom stereocenters. The molecule has 0 atom stereocenters. The molecule has 1 aromatic rings. The van der Waals surface area contributed by atoms with Gasteiger partial charge < -0.3 is 10.0 Å². The fourth-order valence-electron chi connectivity index (χ4n) is 1.15. The summed E-state index contributed by atoms with van der Waals surface area (Å²) in [6.45, 7) is 2.51. The van der Waals surface area contributed by atoms with E-state index in [2.05, 4.69) is 10.9 Å². The van der Waals surface area contributed by atoms with E-state index in [1.165, 1.54) is 17.2 Å². The number of aromatic hydroxyl groups is 1. The summed E-state index contributed by atoms with van der Waals surface area (Å²) in [5, 5.41) is 9.43. The van der Waals surface area contributed by atoms with Crippen LogP contribution in [0, 0.1) is 12.3 Å². The first-order valence-electron chi connectivity index (χ1n) is 4.57. The molecular weight excluding hydrogens is 192 g/mol. The molecule has 4 heteroatoms. The van der Waals surface area contributed by atoms with Crippen LogP contribution in [0.3, 0.4) is 0 Å². The van der Waals surface area contributed by atoms with Crippen molar-refractivity contribution in [3.63, 3.8) is 0 Å². The lowest BCUT2D eigenvalue weighted by molar-refractivity contribution is 0.0776. The minimum Gasteiger partial charge on any atom is -0.505 e. The second-order valence-electron chi connectivity index (χ2n) is 2.89. The standard InChI is InChI=1S/C11H12N2O2/c1-3-8-13(4-2)11(15)10-9(14)6-5-7-12-10/h1,5-7,14H,4,8H2,2H3. The van der Waals surface area contributed by atoms with E-state index in [0.717, 1.165) is 0 Å². The molecule has 1 N–H and O–H groups in total. The smallest absolute Gasteiger partial charge is 0.277 e. The molecule has 0 saturated carbocycles. The van der Waals surface area contributed by atoms with Crippen molar-refractivity contribution < 1.29 is 9.90 Å². The summed E-state index contributed by atoms with van der Waals surface area (Å²) in [5.41, 5.74) is 0.0367. The zero-order valence-corrected chi connectivity index (χ0v) is 8.47. The molecule has 1 rings (SSSR count). The maximum absolute atomic E-state index is 11.8. The van der Waals surface area contributed by atoms with Crippen LogP contribution < -0.4 is 0 Å². The molecule has 0 bridgehead atoms. The summed E-state index contributed by atoms with van der Waals surface area (Å²) >= 11 is 0. The Hall–Kier alpha value is -2.02. The van der Waals surface area contributed by atoms with Crippen molar-refractivity contribution >= 4 is 5.91 Å². The summed E-state index contributed by atoms with van der Waals surface area (Å²) in [5.74, 6) is 1.90. The van der Waals surface area contributed by atoms with Crippen LogP contribution in [0.2, 0.25) is 0 Å². The molecule has 0 fully saturated rings. The average Bonchev–Trinajstić information content (AvgIpc) is 2.25. The Morgan fingerprint density at radius 2 is 2.47 bits per heavy atom. The molecule has 1 heterocycles. The van der Waals surface area contributed by atoms with Gasteiger partial charge in [0, 0.05) is 12.7 Å². The largest absolute Gasteiger partial charge is 0.505 e. The molecule has 15 heavy (non-hydrogen) atoms. The van der Waals surface area contributed by atoms with E-state index < -0.39 is 0 Å². The third kappa shape index (κ3) is 2.47. The molecule has 0 aliphatic rings. The molecule has 78 valence electrons. The van der Waals surface area contributed by atoms with Gasteiger partial charge in [0.05, 0.1) is 6.54 Å². The van der Waals surface area contributed by atoms with Crippen LogP contribution in [0.15, 0.2) is 18.3 Å². The van der Waals surface area contributed by atoms with Crippen molar-refractivity contribution in [2.24, 2.45) is 0 Å². The summed E-state index contributed by atoms with van der Waals surface area (Å²) < 4.78 is 0. The molecule has 4 nitrogen and oxygen atoms in total. The monoisotopic (exact) mass is 204 g/mol. The van der Waals surface area contributed by atoms with Gasteiger partial charge in [0.15, 0.2) is 5.69 Å². The minimum absolute atomic E-state index is 0.0367. The molecule has 0 radical (unpaired) electrons. The summed E-state index contributed by atoms with van der Waals surface area (Å²) in [4.78, 5) is 17.0. The molecule has 1 aromatic heterocycles. The van der Waals surface area contributed by atoms with E-state index in [4.69, 9.17) is 6.42 Å². The number of carbonyl (C=O) groups is 1. The predicted octanol–water partition coefficient (Wildman–Crippen LogP) is 0.883. The first-order chi connectivity index (χ1) is 7.20. The predicted molar refractivity (Wildman–Crippen MR) is 56.3 cm³/mol. The van der Waals surface area contributed by atoms with Gasteiger partial charge in [-0.2, -0.15) is 0 Å². The zero-order chi connectivity index (χ0) is 11.3. The fourth-order valence-corrected chi connectivity index (χ4v) is 1.15. The van der Waals surface area contributed by atoms with Gasteiger partial charge in [-0.15, -0.1) is 6.42 Å². The highest BCUT2D eigenvalue weighted by Gasteiger charge is 2.17. The molecule has 0 aliphatic heterocycles. The number of rotatable bonds is 3. The maximum atomic E-state index is 11.8. The van der Waals surface area contributed by atoms with Gasteiger partial charge in [0.25, 0.3) is 5.91 Å². The maximum Gasteiger partial charge on any atom is 0.277 e. The van der Waals surface area contributed by atoms with E-state index >= 15 is 0 Å². The van der Waals surface area contributed by atoms with Crippen LogP contribution in [-0.2, 0) is 0 Å². The molecular formula is C11H12N2O2. The van der Waals surface area contributed by atoms with Crippen LogP contribution in [-0.4, -0.2) is 34.0 Å². The van der Waals surface area contributed by atoms with Gasteiger partial charge in [-0.25, -0.2) is 4.98 Å². The van der Waals surface area contributed by atoms with Crippen LogP contribution in [0.5, 0.6) is 5.75 Å². The third-order valence-electron chi connectivity index (χ3n) is 1.94. The van der Waals surface area contributed by atoms with Crippen LogP contribution in [0.4, 0.5) is 0 Å². The number of nitrogens with zero attached hydrogens (tertiary/aromatic N) is 2. The van der Waals surface area contributed by atoms with Crippen molar-refractivity contribution in [2.45, 2.75) is 6.92 Å². The Morgan fingerprint density at radius 3 is 3.00 bits per heavy atom. The highest BCUT2D eigenvalue weighted by Crippen LogP contribution is 2.14. The first-order valence-corrected chi connectivity index (χ1v) is 4.57. The number of carbonyl (C=O) groups excluding carboxylic acids is 1. The highest BCUT2D eigenvalue weighted by molar-refractivity contribution is 5.94. The first kappa shape index (κ1) is 11.1. The van der Waals surface area contributed by atoms with E-state index in [1.807, 2.05) is 6.92 Å². The average molecular weight is 204 g/mol. The lowest BCUT2D eigenvalue weighted by Crippen LogP contribution is -2.31. The van der Waals surface area contributed by atoms with Crippen LogP contribution in [0.1, 0.15) is 17.4 Å². The minimum atomic E-state index is -0.353. The fraction of sp³-hybridized carbons (Fsp3) is 0.273. The normalized spacial score (nSPS) is 9.33. The number of terminal acetylenes is 1. The van der Waals surface area contributed by atoms with E-state index in [-0.39, 0.29) is 23.9 Å². The number of hydrogen-bond acceptors (Lipinski definition) is 3. The zero-order valence-electron chi connectivity index (χ0n) is 8.47. The molecule has 0 aliphatic carbocycles. The summed E-state index contributed by atoms with van der Waals surface area (Å²) in [6, 6.07) is 2.98. The van der Waals surface area contributed by atoms with Crippen molar-refractivity contribution in [1.29, 1.82) is 0 Å².